The molecule has 0 spiro atoms. The van der Waals surface area contributed by atoms with Crippen molar-refractivity contribution in [1.29, 1.82) is 0 Å². The van der Waals surface area contributed by atoms with Crippen molar-refractivity contribution >= 4 is 21.9 Å². The third-order valence-corrected chi connectivity index (χ3v) is 9.98. The van der Waals surface area contributed by atoms with Crippen LogP contribution in [-0.4, -0.2) is 43.3 Å². The molecule has 1 amide bonds. The third kappa shape index (κ3) is 4.88. The Kier molecular flexibility index (Phi) is 7.20. The molecule has 1 saturated carbocycles. The number of benzene rings is 2. The Morgan fingerprint density at radius 1 is 1.11 bits per heavy atom. The van der Waals surface area contributed by atoms with Gasteiger partial charge in [0, 0.05) is 36.2 Å². The molecule has 2 aromatic carbocycles. The lowest BCUT2D eigenvalue weighted by Crippen LogP contribution is -2.65. The molecule has 200 valence electrons. The van der Waals surface area contributed by atoms with E-state index in [2.05, 4.69) is 5.32 Å². The highest BCUT2D eigenvalue weighted by Crippen LogP contribution is 2.52. The van der Waals surface area contributed by atoms with Crippen LogP contribution >= 0.6 is 0 Å². The van der Waals surface area contributed by atoms with Crippen LogP contribution in [-0.2, 0) is 36.3 Å². The quantitative estimate of drug-likeness (QED) is 0.563. The Morgan fingerprint density at radius 2 is 1.76 bits per heavy atom. The number of carbonyl (C=O) groups is 2. The normalized spacial score (nSPS) is 29.2. The van der Waals surface area contributed by atoms with Crippen molar-refractivity contribution in [3.63, 3.8) is 0 Å². The first-order valence-corrected chi connectivity index (χ1v) is 13.7. The Hall–Kier alpha value is -2.85. The molecule has 0 unspecified atom stereocenters. The molecule has 37 heavy (non-hydrogen) atoms. The lowest BCUT2D eigenvalue weighted by atomic mass is 9.54. The van der Waals surface area contributed by atoms with Crippen molar-refractivity contribution in [2.75, 3.05) is 7.11 Å². The topological polar surface area (TPSA) is 92.8 Å². The van der Waals surface area contributed by atoms with E-state index in [9.17, 15) is 18.0 Å². The Labute approximate surface area is 216 Å². The summed E-state index contributed by atoms with van der Waals surface area (Å²) in [5.74, 6) is -2.65. The number of methoxy groups -OCH3 is 1. The van der Waals surface area contributed by atoms with E-state index in [4.69, 9.17) is 4.74 Å². The van der Waals surface area contributed by atoms with Crippen LogP contribution in [0.5, 0.6) is 0 Å². The molecule has 2 fully saturated rings. The summed E-state index contributed by atoms with van der Waals surface area (Å²) in [6.07, 6.45) is 1.10. The average molecular weight is 535 g/mol. The average Bonchev–Trinajstić information content (AvgIpc) is 2.81. The van der Waals surface area contributed by atoms with Gasteiger partial charge in [-0.2, -0.15) is 4.31 Å². The van der Waals surface area contributed by atoms with Crippen molar-refractivity contribution in [2.24, 2.45) is 0 Å². The van der Waals surface area contributed by atoms with E-state index in [0.717, 1.165) is 12.1 Å². The van der Waals surface area contributed by atoms with E-state index in [1.165, 1.54) is 18.3 Å². The minimum Gasteiger partial charge on any atom is -0.468 e. The fourth-order valence-electron chi connectivity index (χ4n) is 6.03. The van der Waals surface area contributed by atoms with Gasteiger partial charge >= 0.3 is 5.97 Å². The fourth-order valence-corrected chi connectivity index (χ4v) is 8.22. The highest BCUT2D eigenvalue weighted by Gasteiger charge is 2.60. The number of hydrogen-bond acceptors (Lipinski definition) is 5. The van der Waals surface area contributed by atoms with Crippen LogP contribution in [0.4, 0.5) is 8.78 Å². The van der Waals surface area contributed by atoms with Gasteiger partial charge in [-0.15, -0.1) is 0 Å². The maximum Gasteiger partial charge on any atom is 0.316 e. The number of amides is 1. The molecule has 2 atom stereocenters. The minimum atomic E-state index is -3.84. The van der Waals surface area contributed by atoms with E-state index in [0.29, 0.717) is 18.4 Å². The molecular weight excluding hydrogens is 502 g/mol. The second-order valence-electron chi connectivity index (χ2n) is 10.5. The number of esters is 1. The zero-order chi connectivity index (χ0) is 27.2. The second kappa shape index (κ2) is 9.79. The number of sulfonamides is 1. The van der Waals surface area contributed by atoms with Crippen LogP contribution in [0.25, 0.3) is 0 Å². The number of ether oxygens (including phenoxy) is 1. The van der Waals surface area contributed by atoms with Crippen LogP contribution in [0.15, 0.2) is 42.5 Å². The summed E-state index contributed by atoms with van der Waals surface area (Å²) in [4.78, 5) is 24.3. The van der Waals surface area contributed by atoms with E-state index < -0.39 is 49.9 Å². The monoisotopic (exact) mass is 534 g/mol. The van der Waals surface area contributed by atoms with Gasteiger partial charge in [0.05, 0.1) is 7.11 Å². The molecule has 0 aromatic heterocycles. The summed E-state index contributed by atoms with van der Waals surface area (Å²) >= 11 is 0. The van der Waals surface area contributed by atoms with Crippen LogP contribution in [0.2, 0.25) is 0 Å². The largest absolute Gasteiger partial charge is 0.468 e. The maximum atomic E-state index is 15.5. The summed E-state index contributed by atoms with van der Waals surface area (Å²) in [6.45, 7) is 4.50. The number of hydrogen-bond donors (Lipinski definition) is 1. The summed E-state index contributed by atoms with van der Waals surface area (Å²) in [7, 11) is -2.67. The van der Waals surface area contributed by atoms with Crippen molar-refractivity contribution in [3.05, 3.63) is 70.8 Å². The first kappa shape index (κ1) is 27.2. The van der Waals surface area contributed by atoms with E-state index >= 15 is 8.78 Å². The molecule has 4 rings (SSSR count). The van der Waals surface area contributed by atoms with Gasteiger partial charge in [-0.3, -0.25) is 9.59 Å². The Bertz CT molecular complexity index is 1310. The first-order valence-electron chi connectivity index (χ1n) is 12.2. The molecule has 0 bridgehead atoms. The molecule has 10 heteroatoms. The van der Waals surface area contributed by atoms with Gasteiger partial charge < -0.3 is 10.1 Å². The lowest BCUT2D eigenvalue weighted by molar-refractivity contribution is -0.156. The fraction of sp³-hybridized carbons (Fsp3) is 0.481. The summed E-state index contributed by atoms with van der Waals surface area (Å²) in [6, 6.07) is 10.4. The predicted molar refractivity (Wildman–Crippen MR) is 134 cm³/mol. The summed E-state index contributed by atoms with van der Waals surface area (Å²) in [5, 5.41) is 1.99. The molecule has 1 saturated heterocycles. The number of rotatable bonds is 6. The van der Waals surface area contributed by atoms with Gasteiger partial charge in [0.15, 0.2) is 0 Å². The second-order valence-corrected chi connectivity index (χ2v) is 12.6. The smallest absolute Gasteiger partial charge is 0.316 e. The van der Waals surface area contributed by atoms with Gasteiger partial charge in [-0.25, -0.2) is 17.2 Å². The Morgan fingerprint density at radius 3 is 2.35 bits per heavy atom. The van der Waals surface area contributed by atoms with Crippen LogP contribution < -0.4 is 5.32 Å². The van der Waals surface area contributed by atoms with Crippen molar-refractivity contribution in [3.8, 4) is 0 Å². The van der Waals surface area contributed by atoms with E-state index in [1.807, 2.05) is 0 Å². The molecule has 2 aromatic rings. The molecule has 0 radical (unpaired) electrons. The van der Waals surface area contributed by atoms with Crippen LogP contribution in [0, 0.1) is 11.6 Å². The highest BCUT2D eigenvalue weighted by atomic mass is 32.2. The molecule has 1 heterocycles. The standard InChI is InChI=1S/C27H32F2N2O5S/c1-17-10-11-24(19-8-6-5-7-9-19)37(34,35)31(17)14-20-12-23(29)21(13-22(20)28)27(25(33)36-4)15-26(3,16-27)30-18(2)32/h5-9,12-13,17,24H,10-11,14-16H2,1-4H3,(H,30,32)/t17-,24+,26?,27?/m0/s1. The van der Waals surface area contributed by atoms with E-state index in [-0.39, 0.29) is 36.4 Å². The SMILES string of the molecule is COC(=O)C1(c2cc(F)c(CN3[C@@H](C)CC[C@H](c4ccccc4)S3(=O)=O)cc2F)CC(C)(NC(C)=O)C1. The van der Waals surface area contributed by atoms with Crippen molar-refractivity contribution in [1.82, 2.24) is 9.62 Å². The summed E-state index contributed by atoms with van der Waals surface area (Å²) < 4.78 is 64.1. The van der Waals surface area contributed by atoms with Gasteiger partial charge in [0.1, 0.15) is 22.3 Å². The Balaban J connectivity index is 1.65. The lowest BCUT2D eigenvalue weighted by Gasteiger charge is -2.53. The van der Waals surface area contributed by atoms with Crippen molar-refractivity contribution < 1.29 is 31.5 Å². The number of halogens is 2. The predicted octanol–water partition coefficient (Wildman–Crippen LogP) is 4.12. The van der Waals surface area contributed by atoms with Gasteiger partial charge in [0.2, 0.25) is 15.9 Å². The minimum absolute atomic E-state index is 0.0399. The van der Waals surface area contributed by atoms with Gasteiger partial charge in [-0.05, 0) is 57.2 Å². The highest BCUT2D eigenvalue weighted by molar-refractivity contribution is 7.89. The molecular formula is C27H32F2N2O5S. The van der Waals surface area contributed by atoms with Crippen molar-refractivity contribution in [2.45, 2.75) is 75.2 Å². The molecule has 7 nitrogen and oxygen atoms in total. The van der Waals surface area contributed by atoms with Crippen LogP contribution in [0.3, 0.4) is 0 Å². The maximum absolute atomic E-state index is 15.5. The van der Waals surface area contributed by atoms with Crippen LogP contribution in [0.1, 0.15) is 68.4 Å². The number of carbonyl (C=O) groups excluding carboxylic acids is 2. The third-order valence-electron chi connectivity index (χ3n) is 7.61. The molecule has 1 aliphatic heterocycles. The van der Waals surface area contributed by atoms with Gasteiger partial charge in [0.25, 0.3) is 0 Å². The van der Waals surface area contributed by atoms with E-state index in [1.54, 1.807) is 44.2 Å². The zero-order valence-electron chi connectivity index (χ0n) is 21.4. The number of nitrogens with zero attached hydrogens (tertiary/aromatic N) is 1. The first-order chi connectivity index (χ1) is 17.3. The molecule has 1 aliphatic carbocycles. The summed E-state index contributed by atoms with van der Waals surface area (Å²) in [5.41, 5.74) is -1.85. The molecule has 1 N–H and O–H groups in total. The zero-order valence-corrected chi connectivity index (χ0v) is 22.2. The number of nitrogens with one attached hydrogen (secondary N) is 1. The molecule has 2 aliphatic rings. The van der Waals surface area contributed by atoms with Gasteiger partial charge in [-0.1, -0.05) is 30.3 Å².